The van der Waals surface area contributed by atoms with E-state index in [1.165, 1.54) is 0 Å². The molecule has 1 heterocycles. The van der Waals surface area contributed by atoms with Gasteiger partial charge in [-0.3, -0.25) is 0 Å². The number of nitrogens with zero attached hydrogens (tertiary/aromatic N) is 5. The van der Waals surface area contributed by atoms with E-state index in [4.69, 9.17) is 1.41 Å². The quantitative estimate of drug-likeness (QED) is 0.717. The van der Waals surface area contributed by atoms with Crippen molar-refractivity contribution >= 4 is 28.1 Å². The van der Waals surface area contributed by atoms with Crippen molar-refractivity contribution in [2.24, 2.45) is 5.11 Å². The zero-order chi connectivity index (χ0) is 17.3. The Balaban J connectivity index is 2.23. The average molecular weight is 309 g/mol. The molecule has 0 aliphatic carbocycles. The van der Waals surface area contributed by atoms with E-state index >= 15 is 0 Å². The minimum absolute atomic E-state index is 0.0338. The number of phenolic OH excluding ortho intramolecular Hbond substituents is 1. The summed E-state index contributed by atoms with van der Waals surface area (Å²) in [6.45, 7) is 3.61. The van der Waals surface area contributed by atoms with E-state index in [0.29, 0.717) is 23.0 Å². The van der Waals surface area contributed by atoms with Crippen molar-refractivity contribution in [1.29, 1.82) is 5.52 Å². The molecule has 0 bridgehead atoms. The van der Waals surface area contributed by atoms with E-state index in [2.05, 4.69) is 25.6 Å². The van der Waals surface area contributed by atoms with Gasteiger partial charge in [-0.05, 0) is 31.4 Å². The third-order valence-electron chi connectivity index (χ3n) is 3.59. The summed E-state index contributed by atoms with van der Waals surface area (Å²) in [6.07, 6.45) is 0. The lowest BCUT2D eigenvalue weighted by Crippen LogP contribution is -2.15. The molecule has 0 atom stereocenters. The molecule has 0 radical (unpaired) electrons. The van der Waals surface area contributed by atoms with Crippen molar-refractivity contribution in [2.75, 3.05) is 11.9 Å². The van der Waals surface area contributed by atoms with Crippen LogP contribution in [-0.4, -0.2) is 27.1 Å². The van der Waals surface area contributed by atoms with Crippen LogP contribution in [-0.2, 0) is 0 Å². The first-order valence-corrected chi connectivity index (χ1v) is 7.04. The summed E-state index contributed by atoms with van der Waals surface area (Å²) in [5, 5.41) is 15.6. The Kier molecular flexibility index (Phi) is 3.30. The van der Waals surface area contributed by atoms with E-state index in [9.17, 15) is 5.11 Å². The van der Waals surface area contributed by atoms with Crippen molar-refractivity contribution in [2.45, 2.75) is 13.8 Å². The molecule has 116 valence electrons. The van der Waals surface area contributed by atoms with E-state index in [-0.39, 0.29) is 11.4 Å². The predicted octanol–water partition coefficient (Wildman–Crippen LogP) is 3.78. The molecule has 23 heavy (non-hydrogen) atoms. The fourth-order valence-electron chi connectivity index (χ4n) is 2.55. The van der Waals surface area contributed by atoms with Crippen molar-refractivity contribution in [3.63, 3.8) is 0 Å². The first kappa shape index (κ1) is 13.6. The van der Waals surface area contributed by atoms with Gasteiger partial charge in [0.15, 0.2) is 5.75 Å². The van der Waals surface area contributed by atoms with Crippen LogP contribution in [0.15, 0.2) is 35.4 Å². The van der Waals surface area contributed by atoms with Crippen molar-refractivity contribution in [3.05, 3.63) is 42.0 Å². The molecule has 0 aliphatic rings. The Bertz CT molecular complexity index is 923. The largest absolute Gasteiger partial charge is 0.505 e. The molecule has 7 nitrogen and oxygen atoms in total. The van der Waals surface area contributed by atoms with E-state index in [1.54, 1.807) is 24.8 Å². The summed E-state index contributed by atoms with van der Waals surface area (Å²) in [7, 11) is 1.82. The van der Waals surface area contributed by atoms with E-state index < -0.39 is 0 Å². The van der Waals surface area contributed by atoms with Crippen LogP contribution in [0.4, 0.5) is 17.3 Å². The number of rotatable bonds is 3. The highest BCUT2D eigenvalue weighted by Crippen LogP contribution is 2.41. The second kappa shape index (κ2) is 5.60. The number of benzene rings is 2. The van der Waals surface area contributed by atoms with Gasteiger partial charge in [-0.25, -0.2) is 10.5 Å². The van der Waals surface area contributed by atoms with Crippen LogP contribution in [0.2, 0.25) is 1.41 Å². The molecular weight excluding hydrogens is 292 g/mol. The molecule has 3 aromatic rings. The molecule has 0 aliphatic heterocycles. The van der Waals surface area contributed by atoms with Crippen LogP contribution in [0.3, 0.4) is 0 Å². The molecule has 0 unspecified atom stereocenters. The number of hydrogen-bond acceptors (Lipinski definition) is 7. The lowest BCUT2D eigenvalue weighted by molar-refractivity contribution is 0.482. The summed E-state index contributed by atoms with van der Waals surface area (Å²) in [6, 6.07) is 9.08. The Morgan fingerprint density at radius 1 is 1.13 bits per heavy atom. The summed E-state index contributed by atoms with van der Waals surface area (Å²) >= 11 is 0. The fraction of sp³-hybridized carbons (Fsp3) is 0.188. The van der Waals surface area contributed by atoms with Gasteiger partial charge >= 0.3 is 0 Å². The number of anilines is 2. The van der Waals surface area contributed by atoms with Gasteiger partial charge in [0.25, 0.3) is 0 Å². The third kappa shape index (κ3) is 2.57. The highest BCUT2D eigenvalue weighted by molar-refractivity contribution is 6.02. The summed E-state index contributed by atoms with van der Waals surface area (Å²) in [5.74, 6) is 1.70. The SMILES string of the molecule is [2H]N=Nc1ccc2cccc(N(C)c3nc(C)nc(C)n3)c2c1O. The van der Waals surface area contributed by atoms with Crippen LogP contribution in [0, 0.1) is 19.4 Å². The first-order valence-electron chi connectivity index (χ1n) is 7.49. The maximum atomic E-state index is 10.5. The molecular formula is C16H16N6O. The minimum Gasteiger partial charge on any atom is -0.505 e. The van der Waals surface area contributed by atoms with E-state index in [0.717, 1.165) is 11.1 Å². The maximum Gasteiger partial charge on any atom is 0.233 e. The van der Waals surface area contributed by atoms with Gasteiger partial charge in [-0.2, -0.15) is 15.1 Å². The zero-order valence-electron chi connectivity index (χ0n) is 14.0. The van der Waals surface area contributed by atoms with Crippen molar-refractivity contribution in [3.8, 4) is 5.75 Å². The van der Waals surface area contributed by atoms with Crippen LogP contribution in [0.1, 0.15) is 11.6 Å². The third-order valence-corrected chi connectivity index (χ3v) is 3.59. The summed E-state index contributed by atoms with van der Waals surface area (Å²) in [5.41, 5.74) is 3.95. The Morgan fingerprint density at radius 3 is 2.57 bits per heavy atom. The second-order valence-electron chi connectivity index (χ2n) is 5.20. The molecule has 2 aromatic carbocycles. The summed E-state index contributed by atoms with van der Waals surface area (Å²) in [4.78, 5) is 14.7. The number of phenols is 1. The van der Waals surface area contributed by atoms with E-state index in [1.807, 2.05) is 31.3 Å². The van der Waals surface area contributed by atoms with Crippen LogP contribution >= 0.6 is 0 Å². The standard InChI is InChI=1S/C16H16N6O/c1-9-18-10(2)20-16(19-9)22(3)13-6-4-5-11-7-8-12(21-17)15(23)14(11)13/h4-8,17,23H,1-3H3/i/hD. The minimum atomic E-state index is -0.0338. The number of aryl methyl sites for hydroxylation is 2. The smallest absolute Gasteiger partial charge is 0.233 e. The number of fused-ring (bicyclic) bond motifs is 1. The van der Waals surface area contributed by atoms with Gasteiger partial charge in [0.05, 0.1) is 5.69 Å². The lowest BCUT2D eigenvalue weighted by Gasteiger charge is -2.20. The van der Waals surface area contributed by atoms with Gasteiger partial charge in [0.1, 0.15) is 17.3 Å². The van der Waals surface area contributed by atoms with Crippen molar-refractivity contribution in [1.82, 2.24) is 15.0 Å². The molecule has 0 fully saturated rings. The second-order valence-corrected chi connectivity index (χ2v) is 5.20. The predicted molar refractivity (Wildman–Crippen MR) is 87.8 cm³/mol. The van der Waals surface area contributed by atoms with Gasteiger partial charge in [-0.15, -0.1) is 0 Å². The molecule has 0 amide bonds. The molecule has 0 saturated carbocycles. The Morgan fingerprint density at radius 2 is 1.87 bits per heavy atom. The molecule has 7 heteroatoms. The monoisotopic (exact) mass is 309 g/mol. The zero-order valence-corrected chi connectivity index (χ0v) is 13.0. The highest BCUT2D eigenvalue weighted by Gasteiger charge is 2.16. The Labute approximate surface area is 134 Å². The highest BCUT2D eigenvalue weighted by atomic mass is 16.3. The van der Waals surface area contributed by atoms with Crippen LogP contribution < -0.4 is 4.90 Å². The number of nitrogens with one attached hydrogen (secondary N) is 1. The molecule has 1 aromatic heterocycles. The molecule has 0 saturated heterocycles. The fourth-order valence-corrected chi connectivity index (χ4v) is 2.55. The molecule has 2 N–H and O–H groups in total. The van der Waals surface area contributed by atoms with Crippen LogP contribution in [0.5, 0.6) is 5.75 Å². The molecule has 3 rings (SSSR count). The van der Waals surface area contributed by atoms with Gasteiger partial charge in [-0.1, -0.05) is 18.2 Å². The average Bonchev–Trinajstić information content (AvgIpc) is 2.55. The number of aromatic nitrogens is 3. The van der Waals surface area contributed by atoms with Crippen LogP contribution in [0.25, 0.3) is 10.8 Å². The topological polar surface area (TPSA) is 98.4 Å². The molecule has 0 spiro atoms. The number of aromatic hydroxyl groups is 1. The number of hydrogen-bond donors (Lipinski definition) is 2. The van der Waals surface area contributed by atoms with Gasteiger partial charge in [0.2, 0.25) is 7.36 Å². The first-order chi connectivity index (χ1) is 11.5. The van der Waals surface area contributed by atoms with Gasteiger partial charge in [0, 0.05) is 12.4 Å². The van der Waals surface area contributed by atoms with Crippen molar-refractivity contribution < 1.29 is 6.52 Å². The maximum absolute atomic E-state index is 10.5. The lowest BCUT2D eigenvalue weighted by atomic mass is 10.1. The normalized spacial score (nSPS) is 11.9. The Hall–Kier alpha value is -3.09. The summed E-state index contributed by atoms with van der Waals surface area (Å²) < 4.78 is 6.87. The van der Waals surface area contributed by atoms with Gasteiger partial charge < -0.3 is 10.0 Å².